The van der Waals surface area contributed by atoms with E-state index in [0.717, 1.165) is 17.8 Å². The van der Waals surface area contributed by atoms with Crippen molar-refractivity contribution in [1.82, 2.24) is 10.3 Å². The van der Waals surface area contributed by atoms with Gasteiger partial charge in [0, 0.05) is 36.6 Å². The van der Waals surface area contributed by atoms with E-state index in [-0.39, 0.29) is 30.2 Å². The van der Waals surface area contributed by atoms with E-state index in [1.807, 2.05) is 0 Å². The molecule has 1 aliphatic rings. The number of aromatic nitrogens is 1. The molecule has 0 unspecified atom stereocenters. The van der Waals surface area contributed by atoms with Crippen molar-refractivity contribution in [1.29, 1.82) is 0 Å². The summed E-state index contributed by atoms with van der Waals surface area (Å²) in [7, 11) is 0. The number of H-pyrrole nitrogens is 1. The fourth-order valence-corrected chi connectivity index (χ4v) is 1.22. The highest BCUT2D eigenvalue weighted by atomic mass is 35.5. The number of fused-ring (bicyclic) bond motifs is 1. The molecule has 5 heteroatoms. The lowest BCUT2D eigenvalue weighted by atomic mass is 10.2. The van der Waals surface area contributed by atoms with Gasteiger partial charge in [0.15, 0.2) is 5.43 Å². The van der Waals surface area contributed by atoms with Gasteiger partial charge in [0.25, 0.3) is 0 Å². The SMILES string of the molecule is Cl.Cl.O=c1cc[nH]c2c1CNC2. The number of rotatable bonds is 0. The zero-order valence-corrected chi connectivity index (χ0v) is 7.93. The summed E-state index contributed by atoms with van der Waals surface area (Å²) in [6.45, 7) is 1.51. The van der Waals surface area contributed by atoms with Gasteiger partial charge in [-0.2, -0.15) is 0 Å². The molecule has 1 aliphatic heterocycles. The van der Waals surface area contributed by atoms with E-state index in [9.17, 15) is 4.79 Å². The lowest BCUT2D eigenvalue weighted by Crippen LogP contribution is -2.08. The third kappa shape index (κ3) is 1.80. The van der Waals surface area contributed by atoms with E-state index >= 15 is 0 Å². The summed E-state index contributed by atoms with van der Waals surface area (Å²) in [6, 6.07) is 1.56. The van der Waals surface area contributed by atoms with Gasteiger partial charge in [0.1, 0.15) is 0 Å². The van der Waals surface area contributed by atoms with Gasteiger partial charge in [0.05, 0.1) is 0 Å². The van der Waals surface area contributed by atoms with Gasteiger partial charge < -0.3 is 10.3 Å². The largest absolute Gasteiger partial charge is 0.363 e. The Bertz CT molecular complexity index is 311. The average Bonchev–Trinajstić information content (AvgIpc) is 2.36. The van der Waals surface area contributed by atoms with Crippen LogP contribution < -0.4 is 10.7 Å². The van der Waals surface area contributed by atoms with Gasteiger partial charge in [-0.15, -0.1) is 24.8 Å². The Hall–Kier alpha value is -0.510. The minimum Gasteiger partial charge on any atom is -0.363 e. The van der Waals surface area contributed by atoms with E-state index in [0.29, 0.717) is 6.54 Å². The van der Waals surface area contributed by atoms with Crippen LogP contribution in [0.2, 0.25) is 0 Å². The molecule has 68 valence electrons. The maximum atomic E-state index is 11.1. The van der Waals surface area contributed by atoms with Crippen LogP contribution in [-0.2, 0) is 13.1 Å². The smallest absolute Gasteiger partial charge is 0.186 e. The molecule has 0 fully saturated rings. The maximum Gasteiger partial charge on any atom is 0.186 e. The molecule has 0 aliphatic carbocycles. The van der Waals surface area contributed by atoms with E-state index in [4.69, 9.17) is 0 Å². The van der Waals surface area contributed by atoms with Crippen molar-refractivity contribution in [2.45, 2.75) is 13.1 Å². The van der Waals surface area contributed by atoms with E-state index in [2.05, 4.69) is 10.3 Å². The van der Waals surface area contributed by atoms with Crippen LogP contribution in [-0.4, -0.2) is 4.98 Å². The lowest BCUT2D eigenvalue weighted by molar-refractivity contribution is 0.757. The summed E-state index contributed by atoms with van der Waals surface area (Å²) in [5.74, 6) is 0. The molecule has 0 radical (unpaired) electrons. The summed E-state index contributed by atoms with van der Waals surface area (Å²) in [4.78, 5) is 14.1. The van der Waals surface area contributed by atoms with Gasteiger partial charge in [-0.3, -0.25) is 4.79 Å². The van der Waals surface area contributed by atoms with Crippen molar-refractivity contribution in [3.8, 4) is 0 Å². The summed E-state index contributed by atoms with van der Waals surface area (Å²) in [5.41, 5.74) is 2.06. The van der Waals surface area contributed by atoms with Gasteiger partial charge in [0.2, 0.25) is 0 Å². The zero-order chi connectivity index (χ0) is 6.97. The molecule has 0 saturated carbocycles. The van der Waals surface area contributed by atoms with Gasteiger partial charge in [-0.1, -0.05) is 0 Å². The Morgan fingerprint density at radius 2 is 2.00 bits per heavy atom. The maximum absolute atomic E-state index is 11.1. The predicted octanol–water partition coefficient (Wildman–Crippen LogP) is 0.822. The standard InChI is InChI=1S/C7H8N2O.2ClH/c10-7-1-2-9-6-4-8-3-5(6)7;;/h1-2,8H,3-4H2,(H,9,10);2*1H. The molecule has 0 saturated heterocycles. The number of pyridine rings is 1. The normalized spacial score (nSPS) is 12.7. The molecule has 0 atom stereocenters. The molecular formula is C7H10Cl2N2O. The zero-order valence-electron chi connectivity index (χ0n) is 6.29. The monoisotopic (exact) mass is 208 g/mol. The van der Waals surface area contributed by atoms with Crippen molar-refractivity contribution in [3.05, 3.63) is 33.7 Å². The molecule has 0 bridgehead atoms. The Labute approximate surface area is 82.4 Å². The van der Waals surface area contributed by atoms with E-state index < -0.39 is 0 Å². The van der Waals surface area contributed by atoms with Crippen molar-refractivity contribution < 1.29 is 0 Å². The van der Waals surface area contributed by atoms with Crippen LogP contribution in [0.5, 0.6) is 0 Å². The quantitative estimate of drug-likeness (QED) is 0.664. The molecule has 2 N–H and O–H groups in total. The Balaban J connectivity index is 0.000000605. The molecule has 2 heterocycles. The highest BCUT2D eigenvalue weighted by Crippen LogP contribution is 2.05. The second-order valence-corrected chi connectivity index (χ2v) is 2.40. The molecule has 0 amide bonds. The summed E-state index contributed by atoms with van der Waals surface area (Å²) in [5, 5.41) is 3.10. The Morgan fingerprint density at radius 3 is 2.67 bits per heavy atom. The fourth-order valence-electron chi connectivity index (χ4n) is 1.22. The molecule has 12 heavy (non-hydrogen) atoms. The first kappa shape index (κ1) is 11.5. The highest BCUT2D eigenvalue weighted by Gasteiger charge is 2.11. The summed E-state index contributed by atoms with van der Waals surface area (Å²) in [6.07, 6.45) is 1.69. The Morgan fingerprint density at radius 1 is 1.25 bits per heavy atom. The van der Waals surface area contributed by atoms with Gasteiger partial charge in [-0.25, -0.2) is 0 Å². The number of hydrogen-bond donors (Lipinski definition) is 2. The second kappa shape index (κ2) is 4.50. The molecule has 1 aromatic heterocycles. The van der Waals surface area contributed by atoms with Crippen molar-refractivity contribution >= 4 is 24.8 Å². The fraction of sp³-hybridized carbons (Fsp3) is 0.286. The van der Waals surface area contributed by atoms with Crippen molar-refractivity contribution in [2.75, 3.05) is 0 Å². The van der Waals surface area contributed by atoms with E-state index in [1.165, 1.54) is 0 Å². The molecule has 2 rings (SSSR count). The minimum atomic E-state index is 0. The molecule has 1 aromatic rings. The average molecular weight is 209 g/mol. The highest BCUT2D eigenvalue weighted by molar-refractivity contribution is 5.85. The third-order valence-electron chi connectivity index (χ3n) is 1.76. The minimum absolute atomic E-state index is 0. The van der Waals surface area contributed by atoms with Gasteiger partial charge in [-0.05, 0) is 0 Å². The number of aromatic amines is 1. The lowest BCUT2D eigenvalue weighted by Gasteiger charge is -1.92. The van der Waals surface area contributed by atoms with Crippen LogP contribution in [0.15, 0.2) is 17.1 Å². The first-order valence-electron chi connectivity index (χ1n) is 3.28. The first-order valence-corrected chi connectivity index (χ1v) is 3.28. The first-order chi connectivity index (χ1) is 4.88. The van der Waals surface area contributed by atoms with E-state index in [1.54, 1.807) is 12.3 Å². The number of halogens is 2. The van der Waals surface area contributed by atoms with Crippen LogP contribution in [0.25, 0.3) is 0 Å². The summed E-state index contributed by atoms with van der Waals surface area (Å²) < 4.78 is 0. The molecule has 0 spiro atoms. The Kier molecular flexibility index (Phi) is 4.31. The van der Waals surface area contributed by atoms with Crippen LogP contribution in [0.3, 0.4) is 0 Å². The number of nitrogens with one attached hydrogen (secondary N) is 2. The van der Waals surface area contributed by atoms with Crippen LogP contribution in [0, 0.1) is 0 Å². The second-order valence-electron chi connectivity index (χ2n) is 2.40. The third-order valence-corrected chi connectivity index (χ3v) is 1.76. The van der Waals surface area contributed by atoms with Crippen LogP contribution in [0.4, 0.5) is 0 Å². The van der Waals surface area contributed by atoms with Crippen molar-refractivity contribution in [3.63, 3.8) is 0 Å². The topological polar surface area (TPSA) is 44.9 Å². The summed E-state index contributed by atoms with van der Waals surface area (Å²) >= 11 is 0. The number of hydrogen-bond acceptors (Lipinski definition) is 2. The van der Waals surface area contributed by atoms with Crippen LogP contribution >= 0.6 is 24.8 Å². The van der Waals surface area contributed by atoms with Gasteiger partial charge >= 0.3 is 0 Å². The molecule has 3 nitrogen and oxygen atoms in total. The molecule has 0 aromatic carbocycles. The van der Waals surface area contributed by atoms with Crippen molar-refractivity contribution in [2.24, 2.45) is 0 Å². The predicted molar refractivity (Wildman–Crippen MR) is 52.1 cm³/mol. The van der Waals surface area contributed by atoms with Crippen LogP contribution in [0.1, 0.15) is 11.3 Å². The molecular weight excluding hydrogens is 199 g/mol.